The molecule has 1 aromatic carbocycles. The molecule has 1 amide bonds. The first-order chi connectivity index (χ1) is 9.88. The normalized spacial score (nSPS) is 17.9. The maximum atomic E-state index is 13.6. The van der Waals surface area contributed by atoms with Crippen molar-refractivity contribution in [1.82, 2.24) is 4.90 Å². The summed E-state index contributed by atoms with van der Waals surface area (Å²) in [6.45, 7) is 0.345. The number of carboxylic acids is 1. The van der Waals surface area contributed by atoms with Crippen LogP contribution in [0.2, 0.25) is 0 Å². The average molecular weight is 400 g/mol. The molecule has 1 atom stereocenters. The van der Waals surface area contributed by atoms with Gasteiger partial charge in [0.1, 0.15) is 11.9 Å². The molecule has 0 saturated carbocycles. The monoisotopic (exact) mass is 398 g/mol. The Hall–Kier alpha value is -1.25. The number of anilines is 1. The van der Waals surface area contributed by atoms with Gasteiger partial charge in [-0.15, -0.1) is 12.4 Å². The largest absolute Gasteiger partial charge is 0.480 e. The number of hydrogen-bond acceptors (Lipinski definition) is 3. The van der Waals surface area contributed by atoms with E-state index in [2.05, 4.69) is 21.2 Å². The van der Waals surface area contributed by atoms with E-state index in [1.54, 1.807) is 0 Å². The van der Waals surface area contributed by atoms with Crippen LogP contribution in [0, 0.1) is 11.6 Å². The van der Waals surface area contributed by atoms with E-state index in [1.165, 1.54) is 4.90 Å². The standard InChI is InChI=1S/C13H13BrF2N2O3.ClH/c14-8-4-7(15)5-9(16)12(8)17-11(19)6-18-3-1-2-10(18)13(20)21;/h4-5,10H,1-3,6H2,(H,17,19)(H,20,21);1H. The first kappa shape index (κ1) is 18.8. The number of nitrogens with one attached hydrogen (secondary N) is 1. The number of benzene rings is 1. The zero-order chi connectivity index (χ0) is 15.6. The first-order valence-electron chi connectivity index (χ1n) is 6.29. The number of carbonyl (C=O) groups excluding carboxylic acids is 1. The van der Waals surface area contributed by atoms with Crippen molar-refractivity contribution >= 4 is 45.9 Å². The maximum Gasteiger partial charge on any atom is 0.320 e. The van der Waals surface area contributed by atoms with Crippen LogP contribution in [-0.4, -0.2) is 41.0 Å². The minimum absolute atomic E-state index is 0. The highest BCUT2D eigenvalue weighted by Gasteiger charge is 2.31. The Morgan fingerprint density at radius 2 is 2.09 bits per heavy atom. The Bertz CT molecular complexity index is 565. The van der Waals surface area contributed by atoms with E-state index in [0.29, 0.717) is 25.5 Å². The summed E-state index contributed by atoms with van der Waals surface area (Å²) in [7, 11) is 0. The van der Waals surface area contributed by atoms with Crippen molar-refractivity contribution < 1.29 is 23.5 Å². The predicted molar refractivity (Wildman–Crippen MR) is 82.2 cm³/mol. The van der Waals surface area contributed by atoms with E-state index in [4.69, 9.17) is 5.11 Å². The minimum Gasteiger partial charge on any atom is -0.480 e. The van der Waals surface area contributed by atoms with Crippen LogP contribution >= 0.6 is 28.3 Å². The summed E-state index contributed by atoms with van der Waals surface area (Å²) in [6, 6.07) is 1.00. The van der Waals surface area contributed by atoms with Gasteiger partial charge in [-0.1, -0.05) is 0 Å². The average Bonchev–Trinajstić information content (AvgIpc) is 2.82. The van der Waals surface area contributed by atoms with Crippen LogP contribution in [0.15, 0.2) is 16.6 Å². The van der Waals surface area contributed by atoms with Crippen molar-refractivity contribution in [3.05, 3.63) is 28.2 Å². The lowest BCUT2D eigenvalue weighted by Gasteiger charge is -2.20. The fraction of sp³-hybridized carbons (Fsp3) is 0.385. The molecule has 22 heavy (non-hydrogen) atoms. The number of hydrogen-bond donors (Lipinski definition) is 2. The van der Waals surface area contributed by atoms with Crippen LogP contribution in [-0.2, 0) is 9.59 Å². The number of likely N-dealkylation sites (tertiary alicyclic amines) is 1. The lowest BCUT2D eigenvalue weighted by molar-refractivity contribution is -0.142. The Labute approximate surface area is 140 Å². The van der Waals surface area contributed by atoms with E-state index >= 15 is 0 Å². The molecule has 0 spiro atoms. The topological polar surface area (TPSA) is 69.6 Å². The van der Waals surface area contributed by atoms with Gasteiger partial charge in [0.25, 0.3) is 0 Å². The molecule has 0 bridgehead atoms. The molecule has 1 saturated heterocycles. The third-order valence-corrected chi connectivity index (χ3v) is 3.89. The van der Waals surface area contributed by atoms with Gasteiger partial charge >= 0.3 is 5.97 Å². The number of nitrogens with zero attached hydrogens (tertiary/aromatic N) is 1. The molecule has 9 heteroatoms. The lowest BCUT2D eigenvalue weighted by atomic mass is 10.2. The van der Waals surface area contributed by atoms with Crippen LogP contribution in [0.1, 0.15) is 12.8 Å². The van der Waals surface area contributed by atoms with Crippen molar-refractivity contribution in [2.24, 2.45) is 0 Å². The number of carboxylic acid groups (broad SMARTS) is 1. The molecule has 2 rings (SSSR count). The third kappa shape index (κ3) is 4.37. The summed E-state index contributed by atoms with van der Waals surface area (Å²) in [5.41, 5.74) is -0.160. The molecule has 1 aromatic rings. The highest BCUT2D eigenvalue weighted by molar-refractivity contribution is 9.10. The van der Waals surface area contributed by atoms with Crippen molar-refractivity contribution in [2.45, 2.75) is 18.9 Å². The molecular formula is C13H14BrClF2N2O3. The predicted octanol–water partition coefficient (Wildman–Crippen LogP) is 2.64. The van der Waals surface area contributed by atoms with Gasteiger partial charge in [0.2, 0.25) is 5.91 Å². The van der Waals surface area contributed by atoms with Gasteiger partial charge in [-0.2, -0.15) is 0 Å². The van der Waals surface area contributed by atoms with Crippen molar-refractivity contribution in [3.8, 4) is 0 Å². The van der Waals surface area contributed by atoms with Crippen molar-refractivity contribution in [3.63, 3.8) is 0 Å². The van der Waals surface area contributed by atoms with E-state index in [-0.39, 0.29) is 29.1 Å². The third-order valence-electron chi connectivity index (χ3n) is 3.27. The van der Waals surface area contributed by atoms with Crippen LogP contribution in [0.25, 0.3) is 0 Å². The molecular weight excluding hydrogens is 386 g/mol. The van der Waals surface area contributed by atoms with Gasteiger partial charge in [-0.25, -0.2) is 8.78 Å². The first-order valence-corrected chi connectivity index (χ1v) is 7.09. The number of carbonyl (C=O) groups is 2. The van der Waals surface area contributed by atoms with Gasteiger partial charge < -0.3 is 10.4 Å². The highest BCUT2D eigenvalue weighted by Crippen LogP contribution is 2.27. The van der Waals surface area contributed by atoms with Crippen LogP contribution in [0.3, 0.4) is 0 Å². The lowest BCUT2D eigenvalue weighted by Crippen LogP contribution is -2.41. The smallest absolute Gasteiger partial charge is 0.320 e. The van der Waals surface area contributed by atoms with Crippen LogP contribution in [0.4, 0.5) is 14.5 Å². The molecule has 0 aromatic heterocycles. The Morgan fingerprint density at radius 1 is 1.41 bits per heavy atom. The Balaban J connectivity index is 0.00000242. The molecule has 1 unspecified atom stereocenters. The van der Waals surface area contributed by atoms with Crippen LogP contribution < -0.4 is 5.32 Å². The molecule has 5 nitrogen and oxygen atoms in total. The number of rotatable bonds is 4. The van der Waals surface area contributed by atoms with Crippen LogP contribution in [0.5, 0.6) is 0 Å². The van der Waals surface area contributed by atoms with Gasteiger partial charge in [-0.05, 0) is 41.4 Å². The van der Waals surface area contributed by atoms with Gasteiger partial charge in [0.15, 0.2) is 5.82 Å². The fourth-order valence-electron chi connectivity index (χ4n) is 2.32. The second-order valence-corrected chi connectivity index (χ2v) is 5.61. The van der Waals surface area contributed by atoms with Crippen molar-refractivity contribution in [2.75, 3.05) is 18.4 Å². The van der Waals surface area contributed by atoms with Gasteiger partial charge in [0.05, 0.1) is 12.2 Å². The quantitative estimate of drug-likeness (QED) is 0.817. The summed E-state index contributed by atoms with van der Waals surface area (Å²) < 4.78 is 26.6. The summed E-state index contributed by atoms with van der Waals surface area (Å²) >= 11 is 2.97. The highest BCUT2D eigenvalue weighted by atomic mass is 79.9. The van der Waals surface area contributed by atoms with Crippen molar-refractivity contribution in [1.29, 1.82) is 0 Å². The molecule has 1 aliphatic heterocycles. The summed E-state index contributed by atoms with van der Waals surface area (Å²) in [4.78, 5) is 24.4. The Kier molecular flexibility index (Phi) is 6.70. The fourth-order valence-corrected chi connectivity index (χ4v) is 2.83. The van der Waals surface area contributed by atoms with E-state index in [1.807, 2.05) is 0 Å². The van der Waals surface area contributed by atoms with E-state index in [9.17, 15) is 18.4 Å². The molecule has 0 radical (unpaired) electrons. The Morgan fingerprint density at radius 3 is 2.68 bits per heavy atom. The summed E-state index contributed by atoms with van der Waals surface area (Å²) in [6.07, 6.45) is 1.18. The number of halogens is 4. The van der Waals surface area contributed by atoms with E-state index in [0.717, 1.165) is 6.07 Å². The number of amides is 1. The van der Waals surface area contributed by atoms with Gasteiger partial charge in [-0.3, -0.25) is 14.5 Å². The minimum atomic E-state index is -0.977. The molecule has 1 aliphatic rings. The summed E-state index contributed by atoms with van der Waals surface area (Å²) in [5.74, 6) is -3.18. The summed E-state index contributed by atoms with van der Waals surface area (Å²) in [5, 5.41) is 11.4. The number of aliphatic carboxylic acids is 1. The molecule has 0 aliphatic carbocycles. The second-order valence-electron chi connectivity index (χ2n) is 4.76. The van der Waals surface area contributed by atoms with E-state index < -0.39 is 29.6 Å². The zero-order valence-corrected chi connectivity index (χ0v) is 13.7. The SMILES string of the molecule is Cl.O=C(CN1CCCC1C(=O)O)Nc1c(F)cc(F)cc1Br. The molecule has 1 heterocycles. The molecule has 2 N–H and O–H groups in total. The zero-order valence-electron chi connectivity index (χ0n) is 11.3. The van der Waals surface area contributed by atoms with Gasteiger partial charge in [0, 0.05) is 10.5 Å². The molecule has 1 fully saturated rings. The maximum absolute atomic E-state index is 13.6. The molecule has 122 valence electrons. The second kappa shape index (κ2) is 7.85.